The first-order valence-corrected chi connectivity index (χ1v) is 7.69. The Morgan fingerprint density at radius 3 is 2.68 bits per heavy atom. The Morgan fingerprint density at radius 1 is 1.21 bits per heavy atom. The van der Waals surface area contributed by atoms with Gasteiger partial charge in [0.1, 0.15) is 5.25 Å². The molecule has 0 nitrogen and oxygen atoms in total. The summed E-state index contributed by atoms with van der Waals surface area (Å²) in [5.41, 5.74) is 1.31. The van der Waals surface area contributed by atoms with Gasteiger partial charge in [-0.2, -0.15) is 0 Å². The number of benzene rings is 1. The summed E-state index contributed by atoms with van der Waals surface area (Å²) in [5, 5.41) is 0.542. The van der Waals surface area contributed by atoms with Crippen LogP contribution in [0.25, 0.3) is 0 Å². The Kier molecular flexibility index (Phi) is 5.29. The van der Waals surface area contributed by atoms with Gasteiger partial charge in [-0.05, 0) is 36.6 Å². The highest BCUT2D eigenvalue weighted by Crippen LogP contribution is 2.30. The second-order valence-corrected chi connectivity index (χ2v) is 6.04. The van der Waals surface area contributed by atoms with Crippen molar-refractivity contribution in [1.29, 1.82) is 0 Å². The van der Waals surface area contributed by atoms with E-state index in [2.05, 4.69) is 61.7 Å². The third kappa shape index (κ3) is 3.74. The smallest absolute Gasteiger partial charge is 0.0991 e. The number of hydrogen-bond donors (Lipinski definition) is 0. The van der Waals surface area contributed by atoms with Gasteiger partial charge >= 0.3 is 0 Å². The fourth-order valence-electron chi connectivity index (χ4n) is 2.48. The molecule has 0 heterocycles. The molecule has 1 aliphatic carbocycles. The molecule has 2 atom stereocenters. The average molecular weight is 269 g/mol. The number of allylic oxidation sites excluding steroid dienone is 5. The second-order valence-electron chi connectivity index (χ2n) is 4.67. The topological polar surface area (TPSA) is 0 Å². The summed E-state index contributed by atoms with van der Waals surface area (Å²) in [6.45, 7) is 7.76. The van der Waals surface area contributed by atoms with E-state index in [1.54, 1.807) is 0 Å². The molecule has 0 saturated heterocycles. The maximum absolute atomic E-state index is 3.95. The third-order valence-corrected chi connectivity index (χ3v) is 4.84. The van der Waals surface area contributed by atoms with Gasteiger partial charge in [0.15, 0.2) is 4.90 Å². The van der Waals surface area contributed by atoms with Crippen molar-refractivity contribution >= 4 is 11.8 Å². The molecule has 0 fully saturated rings. The molecule has 0 N–H and O–H groups in total. The van der Waals surface area contributed by atoms with E-state index in [1.165, 1.54) is 28.7 Å². The molecular formula is C18H21S+. The van der Waals surface area contributed by atoms with Gasteiger partial charge in [0.05, 0.1) is 0 Å². The normalized spacial score (nSPS) is 23.1. The van der Waals surface area contributed by atoms with Crippen molar-refractivity contribution in [1.82, 2.24) is 0 Å². The SMILES string of the molecule is C=C/C=C(\C=C)C1CCC=CC1[SH+]c1ccccc1. The molecule has 0 bridgehead atoms. The minimum absolute atomic E-state index is 0.542. The molecule has 1 aliphatic rings. The Labute approximate surface area is 120 Å². The van der Waals surface area contributed by atoms with E-state index in [-0.39, 0.29) is 0 Å². The lowest BCUT2D eigenvalue weighted by atomic mass is 9.86. The quantitative estimate of drug-likeness (QED) is 0.320. The minimum Gasteiger partial charge on any atom is -0.0991 e. The van der Waals surface area contributed by atoms with Crippen LogP contribution in [-0.2, 0) is 11.8 Å². The van der Waals surface area contributed by atoms with Crippen LogP contribution in [0.15, 0.2) is 84.3 Å². The summed E-state index contributed by atoms with van der Waals surface area (Å²) in [6.07, 6.45) is 13.0. The molecule has 1 aromatic rings. The van der Waals surface area contributed by atoms with E-state index >= 15 is 0 Å². The summed E-state index contributed by atoms with van der Waals surface area (Å²) in [7, 11) is 0. The molecule has 1 heteroatoms. The van der Waals surface area contributed by atoms with Crippen molar-refractivity contribution in [3.8, 4) is 0 Å². The summed E-state index contributed by atoms with van der Waals surface area (Å²) >= 11 is 1.38. The van der Waals surface area contributed by atoms with Crippen LogP contribution in [0.1, 0.15) is 12.8 Å². The van der Waals surface area contributed by atoms with Crippen LogP contribution in [0, 0.1) is 5.92 Å². The predicted octanol–water partition coefficient (Wildman–Crippen LogP) is 4.49. The fourth-order valence-corrected chi connectivity index (χ4v) is 3.88. The van der Waals surface area contributed by atoms with E-state index in [9.17, 15) is 0 Å². The zero-order valence-electron chi connectivity index (χ0n) is 11.2. The maximum Gasteiger partial charge on any atom is 0.153 e. The lowest BCUT2D eigenvalue weighted by Crippen LogP contribution is -2.24. The number of rotatable bonds is 5. The first-order chi connectivity index (χ1) is 9.35. The van der Waals surface area contributed by atoms with Crippen molar-refractivity contribution in [2.45, 2.75) is 23.0 Å². The molecule has 98 valence electrons. The maximum atomic E-state index is 3.95. The summed E-state index contributed by atoms with van der Waals surface area (Å²) in [5.74, 6) is 0.558. The van der Waals surface area contributed by atoms with E-state index in [4.69, 9.17) is 0 Å². The highest BCUT2D eigenvalue weighted by molar-refractivity contribution is 7.79. The first-order valence-electron chi connectivity index (χ1n) is 6.72. The molecule has 2 rings (SSSR count). The van der Waals surface area contributed by atoms with Gasteiger partial charge in [-0.25, -0.2) is 0 Å². The molecule has 0 radical (unpaired) electrons. The highest BCUT2D eigenvalue weighted by atomic mass is 32.2. The molecule has 1 aromatic carbocycles. The van der Waals surface area contributed by atoms with E-state index < -0.39 is 0 Å². The van der Waals surface area contributed by atoms with Gasteiger partial charge in [0.2, 0.25) is 0 Å². The van der Waals surface area contributed by atoms with E-state index in [1.807, 2.05) is 12.2 Å². The van der Waals surface area contributed by atoms with Gasteiger partial charge in [0, 0.05) is 17.7 Å². The predicted molar refractivity (Wildman–Crippen MR) is 87.6 cm³/mol. The lowest BCUT2D eigenvalue weighted by Gasteiger charge is -2.23. The summed E-state index contributed by atoms with van der Waals surface area (Å²) in [4.78, 5) is 1.38. The summed E-state index contributed by atoms with van der Waals surface area (Å²) < 4.78 is 0. The van der Waals surface area contributed by atoms with Crippen molar-refractivity contribution < 1.29 is 0 Å². The van der Waals surface area contributed by atoms with Crippen LogP contribution in [0.4, 0.5) is 0 Å². The molecule has 0 amide bonds. The Hall–Kier alpha value is -1.47. The van der Waals surface area contributed by atoms with Crippen LogP contribution in [0.3, 0.4) is 0 Å². The zero-order valence-corrected chi connectivity index (χ0v) is 12.1. The summed E-state index contributed by atoms with van der Waals surface area (Å²) in [6, 6.07) is 10.7. The monoisotopic (exact) mass is 269 g/mol. The van der Waals surface area contributed by atoms with Crippen molar-refractivity contribution in [2.24, 2.45) is 5.92 Å². The zero-order chi connectivity index (χ0) is 13.5. The van der Waals surface area contributed by atoms with Gasteiger partial charge < -0.3 is 0 Å². The van der Waals surface area contributed by atoms with Gasteiger partial charge in [0.25, 0.3) is 0 Å². The average Bonchev–Trinajstić information content (AvgIpc) is 2.47. The van der Waals surface area contributed by atoms with Crippen LogP contribution in [-0.4, -0.2) is 5.25 Å². The Morgan fingerprint density at radius 2 is 2.00 bits per heavy atom. The largest absolute Gasteiger partial charge is 0.153 e. The van der Waals surface area contributed by atoms with Crippen LogP contribution in [0.5, 0.6) is 0 Å². The van der Waals surface area contributed by atoms with Gasteiger partial charge in [-0.3, -0.25) is 0 Å². The molecule has 0 aromatic heterocycles. The van der Waals surface area contributed by atoms with Crippen molar-refractivity contribution in [3.05, 3.63) is 79.4 Å². The molecule has 0 spiro atoms. The number of hydrogen-bond acceptors (Lipinski definition) is 0. The van der Waals surface area contributed by atoms with Crippen LogP contribution in [0.2, 0.25) is 0 Å². The Balaban J connectivity index is 2.18. The fraction of sp³-hybridized carbons (Fsp3) is 0.222. The standard InChI is InChI=1S/C18H20S/c1-3-10-15(4-2)17-13-8-9-14-18(17)19-16-11-6-5-7-12-16/h3-7,9-12,14,17-18H,1-2,8,13H2/p+1/b15-10+. The van der Waals surface area contributed by atoms with E-state index in [0.717, 1.165) is 6.42 Å². The van der Waals surface area contributed by atoms with Crippen LogP contribution >= 0.6 is 0 Å². The number of thiol groups is 1. The minimum atomic E-state index is 0.542. The third-order valence-electron chi connectivity index (χ3n) is 3.42. The van der Waals surface area contributed by atoms with Crippen molar-refractivity contribution in [3.63, 3.8) is 0 Å². The lowest BCUT2D eigenvalue weighted by molar-refractivity contribution is 0.574. The van der Waals surface area contributed by atoms with E-state index in [0.29, 0.717) is 11.2 Å². The second kappa shape index (κ2) is 7.20. The van der Waals surface area contributed by atoms with Gasteiger partial charge in [-0.15, -0.1) is 0 Å². The highest BCUT2D eigenvalue weighted by Gasteiger charge is 2.30. The van der Waals surface area contributed by atoms with Crippen molar-refractivity contribution in [2.75, 3.05) is 0 Å². The molecule has 2 unspecified atom stereocenters. The molecular weight excluding hydrogens is 248 g/mol. The molecule has 19 heavy (non-hydrogen) atoms. The molecule has 0 saturated carbocycles. The van der Waals surface area contributed by atoms with Gasteiger partial charge in [-0.1, -0.05) is 55.7 Å². The first kappa shape index (κ1) is 14.0. The molecule has 0 aliphatic heterocycles. The van der Waals surface area contributed by atoms with Crippen LogP contribution < -0.4 is 0 Å². The Bertz CT molecular complexity index is 482.